The normalized spacial score (nSPS) is 11.5. The SMILES string of the molecule is CCOc1ccc(C(=O)NCc2ccc(S(=O)(=O)N(C)C)s2)cc1. The number of hydrogen-bond acceptors (Lipinski definition) is 5. The molecule has 0 saturated heterocycles. The number of benzene rings is 1. The Kier molecular flexibility index (Phi) is 5.98. The van der Waals surface area contributed by atoms with Crippen molar-refractivity contribution in [2.45, 2.75) is 17.7 Å². The Bertz CT molecular complexity index is 796. The molecule has 1 N–H and O–H groups in total. The average molecular weight is 368 g/mol. The van der Waals surface area contributed by atoms with Crippen LogP contribution in [-0.2, 0) is 16.6 Å². The molecule has 0 aliphatic heterocycles. The number of hydrogen-bond donors (Lipinski definition) is 1. The third-order valence-corrected chi connectivity index (χ3v) is 6.59. The van der Waals surface area contributed by atoms with Gasteiger partial charge in [0, 0.05) is 24.5 Å². The highest BCUT2D eigenvalue weighted by molar-refractivity contribution is 7.91. The van der Waals surface area contributed by atoms with Crippen molar-refractivity contribution in [1.82, 2.24) is 9.62 Å². The second-order valence-corrected chi connectivity index (χ2v) is 8.70. The lowest BCUT2D eigenvalue weighted by Gasteiger charge is -2.08. The lowest BCUT2D eigenvalue weighted by atomic mass is 10.2. The first kappa shape index (κ1) is 18.4. The number of thiophene rings is 1. The van der Waals surface area contributed by atoms with E-state index in [0.29, 0.717) is 17.9 Å². The summed E-state index contributed by atoms with van der Waals surface area (Å²) in [5.74, 6) is 0.495. The largest absolute Gasteiger partial charge is 0.494 e. The molecule has 130 valence electrons. The van der Waals surface area contributed by atoms with Gasteiger partial charge in [0.2, 0.25) is 0 Å². The molecule has 24 heavy (non-hydrogen) atoms. The number of carbonyl (C=O) groups excluding carboxylic acids is 1. The molecule has 0 spiro atoms. The molecule has 1 aromatic heterocycles. The quantitative estimate of drug-likeness (QED) is 0.814. The third kappa shape index (κ3) is 4.34. The summed E-state index contributed by atoms with van der Waals surface area (Å²) in [6.45, 7) is 2.74. The van der Waals surface area contributed by atoms with Gasteiger partial charge in [-0.1, -0.05) is 0 Å². The van der Waals surface area contributed by atoms with Gasteiger partial charge in [-0.25, -0.2) is 12.7 Å². The number of carbonyl (C=O) groups is 1. The molecule has 1 aromatic carbocycles. The van der Waals surface area contributed by atoms with Crippen LogP contribution in [0.5, 0.6) is 5.75 Å². The van der Waals surface area contributed by atoms with E-state index < -0.39 is 10.0 Å². The summed E-state index contributed by atoms with van der Waals surface area (Å²) in [4.78, 5) is 12.9. The smallest absolute Gasteiger partial charge is 0.252 e. The highest BCUT2D eigenvalue weighted by Gasteiger charge is 2.19. The number of ether oxygens (including phenoxy) is 1. The molecule has 2 aromatic rings. The molecule has 8 heteroatoms. The highest BCUT2D eigenvalue weighted by Crippen LogP contribution is 2.23. The Labute approximate surface area is 146 Å². The van der Waals surface area contributed by atoms with Gasteiger partial charge in [0.1, 0.15) is 9.96 Å². The number of sulfonamides is 1. The van der Waals surface area contributed by atoms with Gasteiger partial charge >= 0.3 is 0 Å². The zero-order valence-electron chi connectivity index (χ0n) is 13.8. The van der Waals surface area contributed by atoms with Crippen molar-refractivity contribution in [2.75, 3.05) is 20.7 Å². The highest BCUT2D eigenvalue weighted by atomic mass is 32.2. The zero-order chi connectivity index (χ0) is 17.7. The van der Waals surface area contributed by atoms with E-state index in [2.05, 4.69) is 5.32 Å². The number of nitrogens with zero attached hydrogens (tertiary/aromatic N) is 1. The van der Waals surface area contributed by atoms with E-state index in [1.807, 2.05) is 6.92 Å². The fourth-order valence-corrected chi connectivity index (χ4v) is 4.37. The molecule has 0 atom stereocenters. The zero-order valence-corrected chi connectivity index (χ0v) is 15.4. The standard InChI is InChI=1S/C16H20N2O4S2/c1-4-22-13-7-5-12(6-8-13)16(19)17-11-14-9-10-15(23-14)24(20,21)18(2)3/h5-10H,4,11H2,1-3H3,(H,17,19). The summed E-state index contributed by atoms with van der Waals surface area (Å²) in [6.07, 6.45) is 0. The average Bonchev–Trinajstić information content (AvgIpc) is 3.03. The van der Waals surface area contributed by atoms with Crippen molar-refractivity contribution in [3.05, 3.63) is 46.8 Å². The van der Waals surface area contributed by atoms with Crippen molar-refractivity contribution < 1.29 is 17.9 Å². The van der Waals surface area contributed by atoms with Gasteiger partial charge < -0.3 is 10.1 Å². The summed E-state index contributed by atoms with van der Waals surface area (Å²) in [6, 6.07) is 10.1. The molecular formula is C16H20N2O4S2. The maximum atomic E-state index is 12.1. The fraction of sp³-hybridized carbons (Fsp3) is 0.312. The van der Waals surface area contributed by atoms with Crippen molar-refractivity contribution in [3.8, 4) is 5.75 Å². The van der Waals surface area contributed by atoms with Crippen LogP contribution in [0.2, 0.25) is 0 Å². The minimum absolute atomic E-state index is 0.219. The van der Waals surface area contributed by atoms with Crippen LogP contribution in [-0.4, -0.2) is 39.3 Å². The van der Waals surface area contributed by atoms with Crippen molar-refractivity contribution >= 4 is 27.3 Å². The van der Waals surface area contributed by atoms with Crippen molar-refractivity contribution in [2.24, 2.45) is 0 Å². The van der Waals surface area contributed by atoms with Crippen LogP contribution in [0.1, 0.15) is 22.2 Å². The summed E-state index contributed by atoms with van der Waals surface area (Å²) in [5, 5.41) is 2.78. The van der Waals surface area contributed by atoms with E-state index in [4.69, 9.17) is 4.74 Å². The second kappa shape index (κ2) is 7.78. The van der Waals surface area contributed by atoms with Crippen LogP contribution in [0.3, 0.4) is 0 Å². The minimum atomic E-state index is -3.43. The molecule has 0 aliphatic carbocycles. The van der Waals surface area contributed by atoms with Crippen molar-refractivity contribution in [1.29, 1.82) is 0 Å². The van der Waals surface area contributed by atoms with Gasteiger partial charge in [-0.2, -0.15) is 0 Å². The lowest BCUT2D eigenvalue weighted by molar-refractivity contribution is 0.0951. The maximum absolute atomic E-state index is 12.1. The van der Waals surface area contributed by atoms with Crippen molar-refractivity contribution in [3.63, 3.8) is 0 Å². The lowest BCUT2D eigenvalue weighted by Crippen LogP contribution is -2.22. The minimum Gasteiger partial charge on any atom is -0.494 e. The molecule has 0 radical (unpaired) electrons. The molecule has 1 heterocycles. The molecule has 0 aliphatic rings. The Balaban J connectivity index is 1.98. The fourth-order valence-electron chi connectivity index (χ4n) is 1.91. The Morgan fingerprint density at radius 1 is 1.17 bits per heavy atom. The molecular weight excluding hydrogens is 348 g/mol. The molecule has 0 bridgehead atoms. The molecule has 1 amide bonds. The second-order valence-electron chi connectivity index (χ2n) is 5.15. The monoisotopic (exact) mass is 368 g/mol. The topological polar surface area (TPSA) is 75.7 Å². The predicted molar refractivity (Wildman–Crippen MR) is 94.0 cm³/mol. The van der Waals surface area contributed by atoms with Crippen LogP contribution in [0.15, 0.2) is 40.6 Å². The van der Waals surface area contributed by atoms with E-state index >= 15 is 0 Å². The molecule has 6 nitrogen and oxygen atoms in total. The van der Waals surface area contributed by atoms with E-state index in [9.17, 15) is 13.2 Å². The molecule has 0 fully saturated rings. The first-order chi connectivity index (χ1) is 11.3. The number of nitrogens with one attached hydrogen (secondary N) is 1. The van der Waals surface area contributed by atoms with Gasteiger partial charge in [0.25, 0.3) is 15.9 Å². The number of rotatable bonds is 7. The maximum Gasteiger partial charge on any atom is 0.252 e. The summed E-state index contributed by atoms with van der Waals surface area (Å²) >= 11 is 1.15. The first-order valence-corrected chi connectivity index (χ1v) is 9.62. The van der Waals surface area contributed by atoms with Gasteiger partial charge in [-0.3, -0.25) is 4.79 Å². The number of amides is 1. The Hall–Kier alpha value is -1.90. The van der Waals surface area contributed by atoms with Gasteiger partial charge in [-0.05, 0) is 43.3 Å². The van der Waals surface area contributed by atoms with Gasteiger partial charge in [0.05, 0.1) is 13.2 Å². The molecule has 2 rings (SSSR count). The van der Waals surface area contributed by atoms with Crippen LogP contribution < -0.4 is 10.1 Å². The van der Waals surface area contributed by atoms with E-state index in [1.54, 1.807) is 36.4 Å². The first-order valence-electron chi connectivity index (χ1n) is 7.37. The predicted octanol–water partition coefficient (Wildman–Crippen LogP) is 2.33. The van der Waals surface area contributed by atoms with E-state index in [1.165, 1.54) is 18.4 Å². The third-order valence-electron chi connectivity index (χ3n) is 3.22. The van der Waals surface area contributed by atoms with Crippen LogP contribution in [0.25, 0.3) is 0 Å². The van der Waals surface area contributed by atoms with Crippen LogP contribution >= 0.6 is 11.3 Å². The van der Waals surface area contributed by atoms with Crippen LogP contribution in [0, 0.1) is 0 Å². The van der Waals surface area contributed by atoms with Gasteiger partial charge in [-0.15, -0.1) is 11.3 Å². The van der Waals surface area contributed by atoms with E-state index in [0.717, 1.165) is 16.2 Å². The molecule has 0 saturated carbocycles. The summed E-state index contributed by atoms with van der Waals surface area (Å²) < 4.78 is 30.8. The van der Waals surface area contributed by atoms with E-state index in [-0.39, 0.29) is 16.7 Å². The van der Waals surface area contributed by atoms with Gasteiger partial charge in [0.15, 0.2) is 0 Å². The Morgan fingerprint density at radius 2 is 1.83 bits per heavy atom. The molecule has 0 unspecified atom stereocenters. The van der Waals surface area contributed by atoms with Crippen LogP contribution in [0.4, 0.5) is 0 Å². The summed E-state index contributed by atoms with van der Waals surface area (Å²) in [7, 11) is -0.455. The summed E-state index contributed by atoms with van der Waals surface area (Å²) in [5.41, 5.74) is 0.524. The Morgan fingerprint density at radius 3 is 2.42 bits per heavy atom.